The second kappa shape index (κ2) is 14.1. The Bertz CT molecular complexity index is 1020. The number of rotatable bonds is 13. The normalized spacial score (nSPS) is 15.8. The molecule has 1 aromatic heterocycles. The summed E-state index contributed by atoms with van der Waals surface area (Å²) < 4.78 is 47.4. The Kier molecular flexibility index (Phi) is 12.2. The van der Waals surface area contributed by atoms with Crippen molar-refractivity contribution < 1.29 is 32.6 Å². The Morgan fingerprint density at radius 3 is 2.39 bits per heavy atom. The van der Waals surface area contributed by atoms with Crippen LogP contribution in [0, 0.1) is 11.8 Å². The summed E-state index contributed by atoms with van der Waals surface area (Å²) in [5.74, 6) is -1.67. The zero-order valence-corrected chi connectivity index (χ0v) is 22.5. The fraction of sp³-hybridized carbons (Fsp3) is 0.481. The van der Waals surface area contributed by atoms with Crippen molar-refractivity contribution in [2.24, 2.45) is 11.8 Å². The van der Waals surface area contributed by atoms with E-state index in [4.69, 9.17) is 9.84 Å². The van der Waals surface area contributed by atoms with Crippen LogP contribution in [0.2, 0.25) is 0 Å². The highest BCUT2D eigenvalue weighted by atomic mass is 32.1. The van der Waals surface area contributed by atoms with E-state index >= 15 is 0 Å². The topological polar surface area (TPSA) is 75.6 Å². The molecule has 0 saturated carbocycles. The van der Waals surface area contributed by atoms with E-state index < -0.39 is 29.7 Å². The quantitative estimate of drug-likeness (QED) is 0.157. The first-order chi connectivity index (χ1) is 16.7. The second-order valence-corrected chi connectivity index (χ2v) is 9.71. The van der Waals surface area contributed by atoms with E-state index in [0.717, 1.165) is 4.88 Å². The first-order valence-corrected chi connectivity index (χ1v) is 12.6. The van der Waals surface area contributed by atoms with Gasteiger partial charge in [0.1, 0.15) is 6.10 Å². The van der Waals surface area contributed by atoms with Gasteiger partial charge in [-0.1, -0.05) is 38.2 Å². The molecule has 1 rings (SSSR count). The van der Waals surface area contributed by atoms with Crippen molar-refractivity contribution in [2.75, 3.05) is 6.54 Å². The zero-order valence-electron chi connectivity index (χ0n) is 21.7. The van der Waals surface area contributed by atoms with Gasteiger partial charge in [-0.05, 0) is 63.8 Å². The zero-order chi connectivity index (χ0) is 27.6. The van der Waals surface area contributed by atoms with Crippen LogP contribution in [0.5, 0.6) is 0 Å². The van der Waals surface area contributed by atoms with Crippen LogP contribution >= 0.6 is 11.3 Å². The van der Waals surface area contributed by atoms with Crippen molar-refractivity contribution in [1.29, 1.82) is 0 Å². The van der Waals surface area contributed by atoms with Gasteiger partial charge in [0.15, 0.2) is 0 Å². The maximum absolute atomic E-state index is 13.8. The Balaban J connectivity index is 3.02. The van der Waals surface area contributed by atoms with E-state index in [1.807, 2.05) is 13.8 Å². The standard InChI is InChI=1S/C27H36F3NO4S/c1-8-10-21(27(28,29)30)20(9-2)25(16(3)4)17(5)15-18(6)35-19(7)22-11-12-23(36-22)26(34)31-14-13-24(32)33/h9-12,15,17,19,25H,3,8,13-14H2,1-2,4-7H3,(H,31,34)(H,32,33)/b18-15+,20-9+,21-10?. The van der Waals surface area contributed by atoms with Crippen LogP contribution in [0.1, 0.15) is 75.0 Å². The molecule has 3 unspecified atom stereocenters. The van der Waals surface area contributed by atoms with Gasteiger partial charge in [0.2, 0.25) is 0 Å². The number of hydrogen-bond acceptors (Lipinski definition) is 4. The number of allylic oxidation sites excluding steroid dienone is 7. The lowest BCUT2D eigenvalue weighted by molar-refractivity contribution is -0.136. The summed E-state index contributed by atoms with van der Waals surface area (Å²) in [6.45, 7) is 14.4. The number of aliphatic carboxylic acids is 1. The molecule has 1 amide bonds. The molecule has 9 heteroatoms. The van der Waals surface area contributed by atoms with Gasteiger partial charge in [0.25, 0.3) is 5.91 Å². The number of alkyl halides is 3. The van der Waals surface area contributed by atoms with E-state index in [-0.39, 0.29) is 36.8 Å². The molecule has 0 spiro atoms. The van der Waals surface area contributed by atoms with E-state index in [2.05, 4.69) is 11.9 Å². The molecule has 0 aliphatic rings. The van der Waals surface area contributed by atoms with E-state index in [9.17, 15) is 22.8 Å². The predicted octanol–water partition coefficient (Wildman–Crippen LogP) is 7.61. The lowest BCUT2D eigenvalue weighted by atomic mass is 9.78. The number of hydrogen-bond donors (Lipinski definition) is 2. The van der Waals surface area contributed by atoms with E-state index in [1.54, 1.807) is 45.9 Å². The highest BCUT2D eigenvalue weighted by Gasteiger charge is 2.38. The van der Waals surface area contributed by atoms with Crippen molar-refractivity contribution in [3.63, 3.8) is 0 Å². The molecule has 0 aromatic carbocycles. The average molecular weight is 528 g/mol. The maximum Gasteiger partial charge on any atom is 0.416 e. The number of carbonyl (C=O) groups excluding carboxylic acids is 1. The monoisotopic (exact) mass is 527 g/mol. The molecule has 2 N–H and O–H groups in total. The molecule has 1 aromatic rings. The van der Waals surface area contributed by atoms with E-state index in [1.165, 1.54) is 23.5 Å². The molecular formula is C27H36F3NO4S. The molecule has 0 bridgehead atoms. The highest BCUT2D eigenvalue weighted by molar-refractivity contribution is 7.14. The third kappa shape index (κ3) is 9.33. The summed E-state index contributed by atoms with van der Waals surface area (Å²) in [6.07, 6.45) is -0.248. The number of nitrogens with one attached hydrogen (secondary N) is 1. The van der Waals surface area contributed by atoms with Crippen LogP contribution < -0.4 is 5.32 Å². The number of thiophene rings is 1. The summed E-state index contributed by atoms with van der Waals surface area (Å²) in [4.78, 5) is 24.0. The Labute approximate surface area is 215 Å². The summed E-state index contributed by atoms with van der Waals surface area (Å²) in [7, 11) is 0. The summed E-state index contributed by atoms with van der Waals surface area (Å²) in [5.41, 5.74) is 0.175. The van der Waals surface area contributed by atoms with Gasteiger partial charge >= 0.3 is 12.1 Å². The second-order valence-electron chi connectivity index (χ2n) is 8.59. The van der Waals surface area contributed by atoms with Crippen LogP contribution in [-0.2, 0) is 9.53 Å². The number of ether oxygens (including phenoxy) is 1. The van der Waals surface area contributed by atoms with Gasteiger partial charge in [0.05, 0.1) is 22.6 Å². The molecule has 200 valence electrons. The summed E-state index contributed by atoms with van der Waals surface area (Å²) >= 11 is 1.23. The third-order valence-electron chi connectivity index (χ3n) is 5.46. The molecule has 1 heterocycles. The van der Waals surface area contributed by atoms with Crippen LogP contribution in [0.4, 0.5) is 13.2 Å². The molecule has 0 aliphatic heterocycles. The van der Waals surface area contributed by atoms with Crippen LogP contribution in [0.3, 0.4) is 0 Å². The van der Waals surface area contributed by atoms with Gasteiger partial charge in [-0.2, -0.15) is 13.2 Å². The molecule has 0 fully saturated rings. The minimum absolute atomic E-state index is 0.0365. The third-order valence-corrected chi connectivity index (χ3v) is 6.71. The number of carboxylic acid groups (broad SMARTS) is 1. The number of amides is 1. The molecule has 5 nitrogen and oxygen atoms in total. The van der Waals surface area contributed by atoms with Gasteiger partial charge in [-0.25, -0.2) is 0 Å². The van der Waals surface area contributed by atoms with Crippen LogP contribution in [0.15, 0.2) is 59.4 Å². The fourth-order valence-corrected chi connectivity index (χ4v) is 4.91. The Hall–Kier alpha value is -2.81. The van der Waals surface area contributed by atoms with Gasteiger partial charge in [0, 0.05) is 17.3 Å². The van der Waals surface area contributed by atoms with Crippen molar-refractivity contribution in [2.45, 2.75) is 66.7 Å². The average Bonchev–Trinajstić information content (AvgIpc) is 3.25. The largest absolute Gasteiger partial charge is 0.490 e. The minimum Gasteiger partial charge on any atom is -0.490 e. The van der Waals surface area contributed by atoms with Crippen molar-refractivity contribution in [3.8, 4) is 0 Å². The van der Waals surface area contributed by atoms with Crippen LogP contribution in [-0.4, -0.2) is 29.7 Å². The van der Waals surface area contributed by atoms with E-state index in [0.29, 0.717) is 16.2 Å². The molecule has 0 aliphatic carbocycles. The first kappa shape index (κ1) is 31.2. The number of carboxylic acids is 1. The SMILES string of the molecule is C=C(C)C(/C(=C/C)C(=CCC)C(F)(F)F)C(C)/C=C(\C)OC(C)c1ccc(C(=O)NCCC(=O)O)s1. The molecule has 0 radical (unpaired) electrons. The van der Waals surface area contributed by atoms with Gasteiger partial charge in [-0.15, -0.1) is 11.3 Å². The van der Waals surface area contributed by atoms with Crippen LogP contribution in [0.25, 0.3) is 0 Å². The fourth-order valence-electron chi connectivity index (χ4n) is 4.01. The predicted molar refractivity (Wildman–Crippen MR) is 138 cm³/mol. The van der Waals surface area contributed by atoms with Crippen molar-refractivity contribution in [1.82, 2.24) is 5.32 Å². The minimum atomic E-state index is -4.47. The molecular weight excluding hydrogens is 491 g/mol. The highest BCUT2D eigenvalue weighted by Crippen LogP contribution is 2.41. The number of carbonyl (C=O) groups is 2. The lowest BCUT2D eigenvalue weighted by Crippen LogP contribution is -2.25. The summed E-state index contributed by atoms with van der Waals surface area (Å²) in [6, 6.07) is 3.41. The number of halogens is 3. The smallest absolute Gasteiger partial charge is 0.416 e. The van der Waals surface area contributed by atoms with Gasteiger partial charge < -0.3 is 15.2 Å². The molecule has 0 saturated heterocycles. The Morgan fingerprint density at radius 2 is 1.89 bits per heavy atom. The van der Waals surface area contributed by atoms with Gasteiger partial charge in [-0.3, -0.25) is 9.59 Å². The molecule has 36 heavy (non-hydrogen) atoms. The summed E-state index contributed by atoms with van der Waals surface area (Å²) in [5, 5.41) is 11.2. The maximum atomic E-state index is 13.8. The molecule has 3 atom stereocenters. The van der Waals surface area contributed by atoms with Crippen molar-refractivity contribution >= 4 is 23.2 Å². The first-order valence-electron chi connectivity index (χ1n) is 11.8. The Morgan fingerprint density at radius 1 is 1.25 bits per heavy atom. The van der Waals surface area contributed by atoms with Crippen molar-refractivity contribution in [3.05, 3.63) is 69.2 Å². The lowest BCUT2D eigenvalue weighted by Gasteiger charge is -2.28.